The molecule has 0 amide bonds. The summed E-state index contributed by atoms with van der Waals surface area (Å²) >= 11 is 0. The molecule has 3 nitrogen and oxygen atoms in total. The summed E-state index contributed by atoms with van der Waals surface area (Å²) in [5.74, 6) is 0.254. The molecule has 0 aliphatic heterocycles. The third-order valence-corrected chi connectivity index (χ3v) is 3.57. The fourth-order valence-corrected chi connectivity index (χ4v) is 2.56. The number of rotatable bonds is 7. The molecule has 1 aromatic rings. The van der Waals surface area contributed by atoms with Crippen molar-refractivity contribution in [2.45, 2.75) is 46.3 Å². The Bertz CT molecular complexity index is 443. The highest BCUT2D eigenvalue weighted by Crippen LogP contribution is 2.34. The number of benzene rings is 1. The standard InChI is InChI=1S/C17H28FNO2/c1-7-10-19-15(16(21-6)17(2,3)4)13-9-8-12(20-5)11-14(13)18/h8-9,11,15-16,19H,7,10H2,1-6H3. The lowest BCUT2D eigenvalue weighted by atomic mass is 9.81. The van der Waals surface area contributed by atoms with Gasteiger partial charge in [-0.25, -0.2) is 4.39 Å². The molecule has 0 bridgehead atoms. The van der Waals surface area contributed by atoms with E-state index in [1.54, 1.807) is 19.2 Å². The van der Waals surface area contributed by atoms with Crippen LogP contribution in [0.1, 0.15) is 45.7 Å². The van der Waals surface area contributed by atoms with Crippen LogP contribution in [0.3, 0.4) is 0 Å². The molecule has 0 aliphatic rings. The third-order valence-electron chi connectivity index (χ3n) is 3.57. The van der Waals surface area contributed by atoms with Crippen molar-refractivity contribution in [2.75, 3.05) is 20.8 Å². The van der Waals surface area contributed by atoms with Crippen molar-refractivity contribution < 1.29 is 13.9 Å². The van der Waals surface area contributed by atoms with Gasteiger partial charge in [-0.05, 0) is 24.4 Å². The molecule has 0 saturated carbocycles. The number of halogens is 1. The largest absolute Gasteiger partial charge is 0.497 e. The molecule has 0 heterocycles. The van der Waals surface area contributed by atoms with Gasteiger partial charge < -0.3 is 14.8 Å². The van der Waals surface area contributed by atoms with Crippen LogP contribution in [-0.2, 0) is 4.74 Å². The average Bonchev–Trinajstić information content (AvgIpc) is 2.42. The lowest BCUT2D eigenvalue weighted by Gasteiger charge is -2.37. The molecule has 0 aliphatic carbocycles. The maximum atomic E-state index is 14.4. The molecule has 2 unspecified atom stereocenters. The SMILES string of the molecule is CCCNC(c1ccc(OC)cc1F)C(OC)C(C)(C)C. The first-order valence-corrected chi connectivity index (χ1v) is 7.44. The molecule has 0 aromatic heterocycles. The van der Waals surface area contributed by atoms with Gasteiger partial charge in [0.25, 0.3) is 0 Å². The summed E-state index contributed by atoms with van der Waals surface area (Å²) in [5.41, 5.74) is 0.512. The first-order valence-electron chi connectivity index (χ1n) is 7.44. The average molecular weight is 297 g/mol. The second-order valence-electron chi connectivity index (χ2n) is 6.34. The number of hydrogen-bond acceptors (Lipinski definition) is 3. The van der Waals surface area contributed by atoms with Gasteiger partial charge in [0.1, 0.15) is 11.6 Å². The fraction of sp³-hybridized carbons (Fsp3) is 0.647. The van der Waals surface area contributed by atoms with E-state index in [-0.39, 0.29) is 23.4 Å². The van der Waals surface area contributed by atoms with Gasteiger partial charge in [-0.15, -0.1) is 0 Å². The molecule has 4 heteroatoms. The van der Waals surface area contributed by atoms with Crippen molar-refractivity contribution in [3.05, 3.63) is 29.6 Å². The van der Waals surface area contributed by atoms with Crippen molar-refractivity contribution in [3.63, 3.8) is 0 Å². The maximum Gasteiger partial charge on any atom is 0.131 e. The zero-order chi connectivity index (χ0) is 16.0. The van der Waals surface area contributed by atoms with E-state index in [4.69, 9.17) is 9.47 Å². The summed E-state index contributed by atoms with van der Waals surface area (Å²) in [6.45, 7) is 9.20. The molecule has 1 N–H and O–H groups in total. The molecule has 2 atom stereocenters. The summed E-state index contributed by atoms with van der Waals surface area (Å²) in [6.07, 6.45) is 0.849. The minimum atomic E-state index is -0.269. The van der Waals surface area contributed by atoms with Gasteiger partial charge >= 0.3 is 0 Å². The molecule has 0 saturated heterocycles. The van der Waals surface area contributed by atoms with E-state index in [1.165, 1.54) is 13.2 Å². The van der Waals surface area contributed by atoms with E-state index < -0.39 is 0 Å². The Balaban J connectivity index is 3.18. The maximum absolute atomic E-state index is 14.4. The highest BCUT2D eigenvalue weighted by molar-refractivity contribution is 5.31. The summed E-state index contributed by atoms with van der Waals surface area (Å²) in [5, 5.41) is 3.42. The Morgan fingerprint density at radius 1 is 1.24 bits per heavy atom. The molecule has 21 heavy (non-hydrogen) atoms. The molecule has 120 valence electrons. The van der Waals surface area contributed by atoms with Crippen LogP contribution in [0, 0.1) is 11.2 Å². The molecule has 0 radical (unpaired) electrons. The lowest BCUT2D eigenvalue weighted by molar-refractivity contribution is -0.0127. The number of nitrogens with one attached hydrogen (secondary N) is 1. The van der Waals surface area contributed by atoms with Crippen LogP contribution in [0.2, 0.25) is 0 Å². The van der Waals surface area contributed by atoms with Gasteiger partial charge in [0.05, 0.1) is 19.3 Å². The normalized spacial score (nSPS) is 14.8. The lowest BCUT2D eigenvalue weighted by Crippen LogP contribution is -2.42. The Kier molecular flexibility index (Phi) is 6.62. The van der Waals surface area contributed by atoms with Crippen molar-refractivity contribution in [1.82, 2.24) is 5.32 Å². The van der Waals surface area contributed by atoms with Crippen LogP contribution in [-0.4, -0.2) is 26.9 Å². The van der Waals surface area contributed by atoms with Crippen LogP contribution in [0.15, 0.2) is 18.2 Å². The molecule has 1 aromatic carbocycles. The highest BCUT2D eigenvalue weighted by Gasteiger charge is 2.34. The first kappa shape index (κ1) is 17.9. The van der Waals surface area contributed by atoms with Gasteiger partial charge in [0.2, 0.25) is 0 Å². The van der Waals surface area contributed by atoms with Crippen LogP contribution in [0.5, 0.6) is 5.75 Å². The summed E-state index contributed by atoms with van der Waals surface area (Å²) in [4.78, 5) is 0. The van der Waals surface area contributed by atoms with Crippen LogP contribution < -0.4 is 10.1 Å². The fourth-order valence-electron chi connectivity index (χ4n) is 2.56. The predicted molar refractivity (Wildman–Crippen MR) is 84.2 cm³/mol. The van der Waals surface area contributed by atoms with Crippen molar-refractivity contribution >= 4 is 0 Å². The van der Waals surface area contributed by atoms with E-state index in [1.807, 2.05) is 0 Å². The third kappa shape index (κ3) is 4.68. The van der Waals surface area contributed by atoms with Gasteiger partial charge in [-0.1, -0.05) is 33.8 Å². The molecular weight excluding hydrogens is 269 g/mol. The summed E-state index contributed by atoms with van der Waals surface area (Å²) < 4.78 is 25.2. The van der Waals surface area contributed by atoms with E-state index in [0.717, 1.165) is 13.0 Å². The van der Waals surface area contributed by atoms with Gasteiger partial charge in [-0.2, -0.15) is 0 Å². The second-order valence-corrected chi connectivity index (χ2v) is 6.34. The van der Waals surface area contributed by atoms with Gasteiger partial charge in [0, 0.05) is 18.7 Å². The Morgan fingerprint density at radius 3 is 2.33 bits per heavy atom. The minimum Gasteiger partial charge on any atom is -0.497 e. The first-order chi connectivity index (χ1) is 9.85. The van der Waals surface area contributed by atoms with Crippen molar-refractivity contribution in [2.24, 2.45) is 5.41 Å². The van der Waals surface area contributed by atoms with Gasteiger partial charge in [-0.3, -0.25) is 0 Å². The van der Waals surface area contributed by atoms with Crippen molar-refractivity contribution in [3.8, 4) is 5.75 Å². The van der Waals surface area contributed by atoms with E-state index in [0.29, 0.717) is 11.3 Å². The van der Waals surface area contributed by atoms with E-state index >= 15 is 0 Å². The zero-order valence-electron chi connectivity index (χ0n) is 14.0. The van der Waals surface area contributed by atoms with E-state index in [9.17, 15) is 4.39 Å². The van der Waals surface area contributed by atoms with Crippen LogP contribution in [0.4, 0.5) is 4.39 Å². The summed E-state index contributed by atoms with van der Waals surface area (Å²) in [7, 11) is 3.21. The molecule has 0 spiro atoms. The summed E-state index contributed by atoms with van der Waals surface area (Å²) in [6, 6.07) is 4.79. The molecule has 0 fully saturated rings. The smallest absolute Gasteiger partial charge is 0.131 e. The quantitative estimate of drug-likeness (QED) is 0.827. The highest BCUT2D eigenvalue weighted by atomic mass is 19.1. The monoisotopic (exact) mass is 297 g/mol. The van der Waals surface area contributed by atoms with Gasteiger partial charge in [0.15, 0.2) is 0 Å². The zero-order valence-corrected chi connectivity index (χ0v) is 14.0. The predicted octanol–water partition coefficient (Wildman–Crippen LogP) is 3.94. The second kappa shape index (κ2) is 7.76. The van der Waals surface area contributed by atoms with Crippen LogP contribution >= 0.6 is 0 Å². The Morgan fingerprint density at radius 2 is 1.90 bits per heavy atom. The van der Waals surface area contributed by atoms with E-state index in [2.05, 4.69) is 33.0 Å². The minimum absolute atomic E-state index is 0.105. The Labute approximate surface area is 127 Å². The molecular formula is C17H28FNO2. The molecule has 1 rings (SSSR count). The topological polar surface area (TPSA) is 30.5 Å². The number of hydrogen-bond donors (Lipinski definition) is 1. The van der Waals surface area contributed by atoms with Crippen molar-refractivity contribution in [1.29, 1.82) is 0 Å². The Hall–Kier alpha value is -1.13. The number of methoxy groups -OCH3 is 2. The number of ether oxygens (including phenoxy) is 2. The van der Waals surface area contributed by atoms with Crippen LogP contribution in [0.25, 0.3) is 0 Å².